The maximum absolute atomic E-state index is 5.87. The summed E-state index contributed by atoms with van der Waals surface area (Å²) in [6.45, 7) is 2.74. The summed E-state index contributed by atoms with van der Waals surface area (Å²) < 4.78 is 0. The highest BCUT2D eigenvalue weighted by Gasteiger charge is 2.03. The third-order valence-electron chi connectivity index (χ3n) is 1.64. The van der Waals surface area contributed by atoms with Gasteiger partial charge in [-0.15, -0.1) is 11.8 Å². The Kier molecular flexibility index (Phi) is 3.90. The average molecular weight is 217 g/mol. The molecule has 0 saturated carbocycles. The van der Waals surface area contributed by atoms with Crippen LogP contribution in [0.15, 0.2) is 23.1 Å². The number of nitrogens with two attached hydrogens (primary N) is 2. The van der Waals surface area contributed by atoms with Gasteiger partial charge in [-0.2, -0.15) is 0 Å². The lowest BCUT2D eigenvalue weighted by Crippen LogP contribution is -2.12. The number of benzene rings is 1. The fourth-order valence-electron chi connectivity index (χ4n) is 0.862. The normalized spacial score (nSPS) is 12.8. The molecule has 1 aromatic rings. The van der Waals surface area contributed by atoms with Crippen LogP contribution in [0.3, 0.4) is 0 Å². The topological polar surface area (TPSA) is 52.0 Å². The Bertz CT molecular complexity index is 291. The van der Waals surface area contributed by atoms with Crippen molar-refractivity contribution in [2.75, 3.05) is 12.3 Å². The SMILES string of the molecule is CC(CN)Sc1ccc(N)c(Cl)c1. The number of anilines is 1. The molecule has 0 bridgehead atoms. The summed E-state index contributed by atoms with van der Waals surface area (Å²) in [5.74, 6) is 0. The van der Waals surface area contributed by atoms with Crippen molar-refractivity contribution in [2.45, 2.75) is 17.1 Å². The van der Waals surface area contributed by atoms with Crippen molar-refractivity contribution in [1.29, 1.82) is 0 Å². The van der Waals surface area contributed by atoms with Crippen molar-refractivity contribution < 1.29 is 0 Å². The first-order chi connectivity index (χ1) is 6.13. The van der Waals surface area contributed by atoms with Gasteiger partial charge in [-0.05, 0) is 18.2 Å². The Morgan fingerprint density at radius 2 is 2.23 bits per heavy atom. The highest BCUT2D eigenvalue weighted by molar-refractivity contribution is 8.00. The molecule has 4 heteroatoms. The largest absolute Gasteiger partial charge is 0.398 e. The molecule has 1 aromatic carbocycles. The van der Waals surface area contributed by atoms with Gasteiger partial charge in [-0.3, -0.25) is 0 Å². The Morgan fingerprint density at radius 3 is 2.77 bits per heavy atom. The number of hydrogen-bond donors (Lipinski definition) is 2. The van der Waals surface area contributed by atoms with Gasteiger partial charge in [0.2, 0.25) is 0 Å². The van der Waals surface area contributed by atoms with Crippen LogP contribution >= 0.6 is 23.4 Å². The van der Waals surface area contributed by atoms with Crippen LogP contribution in [0.1, 0.15) is 6.92 Å². The van der Waals surface area contributed by atoms with E-state index in [4.69, 9.17) is 23.1 Å². The molecular formula is C9H13ClN2S. The van der Waals surface area contributed by atoms with E-state index >= 15 is 0 Å². The lowest BCUT2D eigenvalue weighted by Gasteiger charge is -2.08. The molecule has 2 nitrogen and oxygen atoms in total. The zero-order chi connectivity index (χ0) is 9.84. The van der Waals surface area contributed by atoms with Crippen LogP contribution in [-0.4, -0.2) is 11.8 Å². The minimum atomic E-state index is 0.402. The van der Waals surface area contributed by atoms with Gasteiger partial charge in [0, 0.05) is 16.7 Å². The molecular weight excluding hydrogens is 204 g/mol. The molecule has 0 aliphatic rings. The highest BCUT2D eigenvalue weighted by Crippen LogP contribution is 2.28. The van der Waals surface area contributed by atoms with Gasteiger partial charge in [0.1, 0.15) is 0 Å². The van der Waals surface area contributed by atoms with Crippen LogP contribution in [0.4, 0.5) is 5.69 Å². The molecule has 0 amide bonds. The second-order valence-electron chi connectivity index (χ2n) is 2.85. The summed E-state index contributed by atoms with van der Waals surface area (Å²) in [5, 5.41) is 1.01. The van der Waals surface area contributed by atoms with E-state index in [1.807, 2.05) is 18.2 Å². The third-order valence-corrected chi connectivity index (χ3v) is 3.09. The smallest absolute Gasteiger partial charge is 0.0646 e. The lowest BCUT2D eigenvalue weighted by molar-refractivity contribution is 0.951. The first-order valence-electron chi connectivity index (χ1n) is 4.05. The van der Waals surface area contributed by atoms with Crippen LogP contribution in [0.5, 0.6) is 0 Å². The molecule has 4 N–H and O–H groups in total. The van der Waals surface area contributed by atoms with Crippen molar-refractivity contribution in [3.8, 4) is 0 Å². The Balaban J connectivity index is 2.73. The van der Waals surface area contributed by atoms with Gasteiger partial charge < -0.3 is 11.5 Å². The van der Waals surface area contributed by atoms with Crippen LogP contribution in [0.25, 0.3) is 0 Å². The summed E-state index contributed by atoms with van der Waals surface area (Å²) >= 11 is 7.57. The van der Waals surface area contributed by atoms with Gasteiger partial charge in [-0.1, -0.05) is 18.5 Å². The van der Waals surface area contributed by atoms with E-state index in [1.54, 1.807) is 11.8 Å². The number of halogens is 1. The predicted molar refractivity (Wildman–Crippen MR) is 60.2 cm³/mol. The number of thioether (sulfide) groups is 1. The van der Waals surface area contributed by atoms with Crippen LogP contribution in [-0.2, 0) is 0 Å². The summed E-state index contributed by atoms with van der Waals surface area (Å²) in [6, 6.07) is 5.64. The molecule has 0 radical (unpaired) electrons. The number of rotatable bonds is 3. The Morgan fingerprint density at radius 1 is 1.54 bits per heavy atom. The highest BCUT2D eigenvalue weighted by atomic mass is 35.5. The molecule has 1 rings (SSSR count). The molecule has 0 spiro atoms. The molecule has 0 fully saturated rings. The van der Waals surface area contributed by atoms with E-state index in [0.29, 0.717) is 22.5 Å². The first kappa shape index (κ1) is 10.7. The van der Waals surface area contributed by atoms with Gasteiger partial charge in [-0.25, -0.2) is 0 Å². The molecule has 72 valence electrons. The summed E-state index contributed by atoms with van der Waals surface area (Å²) in [5.41, 5.74) is 11.7. The van der Waals surface area contributed by atoms with E-state index in [2.05, 4.69) is 6.92 Å². The van der Waals surface area contributed by atoms with Crippen LogP contribution in [0.2, 0.25) is 5.02 Å². The van der Waals surface area contributed by atoms with Gasteiger partial charge >= 0.3 is 0 Å². The number of nitrogen functional groups attached to an aromatic ring is 1. The van der Waals surface area contributed by atoms with Crippen molar-refractivity contribution >= 4 is 29.1 Å². The zero-order valence-electron chi connectivity index (χ0n) is 7.46. The maximum Gasteiger partial charge on any atom is 0.0646 e. The molecule has 1 unspecified atom stereocenters. The van der Waals surface area contributed by atoms with E-state index in [0.717, 1.165) is 4.90 Å². The van der Waals surface area contributed by atoms with E-state index in [-0.39, 0.29) is 0 Å². The second kappa shape index (κ2) is 4.74. The molecule has 0 heterocycles. The first-order valence-corrected chi connectivity index (χ1v) is 5.31. The van der Waals surface area contributed by atoms with Gasteiger partial charge in [0.05, 0.1) is 10.7 Å². The van der Waals surface area contributed by atoms with Crippen molar-refractivity contribution in [2.24, 2.45) is 5.73 Å². The van der Waals surface area contributed by atoms with Crippen molar-refractivity contribution in [3.63, 3.8) is 0 Å². The fraction of sp³-hybridized carbons (Fsp3) is 0.333. The molecule has 0 aliphatic carbocycles. The zero-order valence-corrected chi connectivity index (χ0v) is 9.03. The van der Waals surface area contributed by atoms with Crippen LogP contribution < -0.4 is 11.5 Å². The molecule has 13 heavy (non-hydrogen) atoms. The van der Waals surface area contributed by atoms with E-state index < -0.39 is 0 Å². The minimum absolute atomic E-state index is 0.402. The van der Waals surface area contributed by atoms with Gasteiger partial charge in [0.15, 0.2) is 0 Å². The fourth-order valence-corrected chi connectivity index (χ4v) is 2.00. The standard InChI is InChI=1S/C9H13ClN2S/c1-6(5-11)13-7-2-3-9(12)8(10)4-7/h2-4,6H,5,11-12H2,1H3. The molecule has 0 aliphatic heterocycles. The Labute approximate surface area is 87.6 Å². The average Bonchev–Trinajstić information content (AvgIpc) is 2.11. The molecule has 0 aromatic heterocycles. The quantitative estimate of drug-likeness (QED) is 0.603. The maximum atomic E-state index is 5.87. The van der Waals surface area contributed by atoms with Crippen LogP contribution in [0, 0.1) is 0 Å². The van der Waals surface area contributed by atoms with E-state index in [9.17, 15) is 0 Å². The monoisotopic (exact) mass is 216 g/mol. The van der Waals surface area contributed by atoms with Gasteiger partial charge in [0.25, 0.3) is 0 Å². The summed E-state index contributed by atoms with van der Waals surface area (Å²) in [7, 11) is 0. The molecule has 0 saturated heterocycles. The summed E-state index contributed by atoms with van der Waals surface area (Å²) in [4.78, 5) is 1.11. The second-order valence-corrected chi connectivity index (χ2v) is 4.77. The minimum Gasteiger partial charge on any atom is -0.398 e. The van der Waals surface area contributed by atoms with Crippen molar-refractivity contribution in [1.82, 2.24) is 0 Å². The Hall–Kier alpha value is -0.380. The van der Waals surface area contributed by atoms with Crippen molar-refractivity contribution in [3.05, 3.63) is 23.2 Å². The van der Waals surface area contributed by atoms with E-state index in [1.165, 1.54) is 0 Å². The summed E-state index contributed by atoms with van der Waals surface area (Å²) in [6.07, 6.45) is 0. The predicted octanol–water partition coefficient (Wildman–Crippen LogP) is 2.36. The third kappa shape index (κ3) is 3.10. The lowest BCUT2D eigenvalue weighted by atomic mass is 10.3. The number of hydrogen-bond acceptors (Lipinski definition) is 3. The molecule has 1 atom stereocenters.